The highest BCUT2D eigenvalue weighted by Gasteiger charge is 2.32. The molecule has 202 valence electrons. The lowest BCUT2D eigenvalue weighted by Gasteiger charge is -2.36. The number of esters is 1. The van der Waals surface area contributed by atoms with E-state index in [-0.39, 0.29) is 32.0 Å². The summed E-state index contributed by atoms with van der Waals surface area (Å²) < 4.78 is 18.4. The molecule has 12 heteroatoms. The smallest absolute Gasteiger partial charge is 0.325 e. The van der Waals surface area contributed by atoms with Gasteiger partial charge >= 0.3 is 12.0 Å². The van der Waals surface area contributed by atoms with Gasteiger partial charge in [0.25, 0.3) is 0 Å². The van der Waals surface area contributed by atoms with Gasteiger partial charge in [0.15, 0.2) is 10.6 Å². The summed E-state index contributed by atoms with van der Waals surface area (Å²) >= 11 is 3.16. The average Bonchev–Trinajstić information content (AvgIpc) is 3.36. The molecular weight excluding hydrogens is 528 g/mol. The molecule has 2 amide bonds. The van der Waals surface area contributed by atoms with E-state index < -0.39 is 18.3 Å². The number of aromatic nitrogens is 2. The molecule has 2 aromatic carbocycles. The fourth-order valence-electron chi connectivity index (χ4n) is 3.79. The molecule has 1 aliphatic heterocycles. The number of aliphatic hydroxyl groups excluding tert-OH is 1. The third kappa shape index (κ3) is 7.98. The van der Waals surface area contributed by atoms with E-state index in [1.807, 2.05) is 43.3 Å². The van der Waals surface area contributed by atoms with Crippen molar-refractivity contribution in [2.24, 2.45) is 0 Å². The van der Waals surface area contributed by atoms with Crippen molar-refractivity contribution in [1.29, 1.82) is 0 Å². The molecular formula is C26H30N4O6S2. The second kappa shape index (κ2) is 13.7. The third-order valence-electron chi connectivity index (χ3n) is 5.65. The number of carbonyl (C=O) groups is 2. The van der Waals surface area contributed by atoms with Crippen LogP contribution in [0.5, 0.6) is 0 Å². The minimum Gasteiger partial charge on any atom is -0.465 e. The molecule has 2 heterocycles. The van der Waals surface area contributed by atoms with Crippen LogP contribution in [0.2, 0.25) is 0 Å². The number of thioether (sulfide) groups is 1. The Kier molecular flexibility index (Phi) is 10.1. The van der Waals surface area contributed by atoms with Crippen LogP contribution in [0.3, 0.4) is 0 Å². The van der Waals surface area contributed by atoms with Gasteiger partial charge in [-0.2, -0.15) is 0 Å². The summed E-state index contributed by atoms with van der Waals surface area (Å²) in [6.07, 6.45) is -0.244. The summed E-state index contributed by atoms with van der Waals surface area (Å²) in [6, 6.07) is 14.4. The summed E-state index contributed by atoms with van der Waals surface area (Å²) in [5.41, 5.74) is 3.21. The van der Waals surface area contributed by atoms with Gasteiger partial charge in [-0.3, -0.25) is 4.79 Å². The van der Waals surface area contributed by atoms with Gasteiger partial charge in [0.2, 0.25) is 0 Å². The lowest BCUT2D eigenvalue weighted by Crippen LogP contribution is -2.34. The van der Waals surface area contributed by atoms with Crippen LogP contribution in [0.25, 0.3) is 0 Å². The summed E-state index contributed by atoms with van der Waals surface area (Å²) in [5, 5.41) is 23.7. The molecule has 0 saturated carbocycles. The summed E-state index contributed by atoms with van der Waals surface area (Å²) in [4.78, 5) is 23.5. The van der Waals surface area contributed by atoms with Gasteiger partial charge in [-0.1, -0.05) is 59.5 Å². The fourth-order valence-corrected chi connectivity index (χ4v) is 5.65. The third-order valence-corrected chi connectivity index (χ3v) is 7.76. The van der Waals surface area contributed by atoms with Gasteiger partial charge in [-0.05, 0) is 37.1 Å². The topological polar surface area (TPSA) is 132 Å². The monoisotopic (exact) mass is 558 g/mol. The molecule has 38 heavy (non-hydrogen) atoms. The van der Waals surface area contributed by atoms with Gasteiger partial charge in [-0.25, -0.2) is 4.79 Å². The molecule has 3 aromatic rings. The van der Waals surface area contributed by atoms with Crippen molar-refractivity contribution in [2.45, 2.75) is 49.7 Å². The Hall–Kier alpha value is -3.03. The van der Waals surface area contributed by atoms with E-state index in [1.165, 1.54) is 0 Å². The number of carbonyl (C=O) groups excluding carboxylic acids is 2. The highest BCUT2D eigenvalue weighted by molar-refractivity contribution is 8.01. The van der Waals surface area contributed by atoms with Crippen molar-refractivity contribution >= 4 is 40.8 Å². The van der Waals surface area contributed by atoms with Crippen LogP contribution in [-0.4, -0.2) is 52.3 Å². The van der Waals surface area contributed by atoms with Gasteiger partial charge in [0, 0.05) is 23.4 Å². The molecule has 0 unspecified atom stereocenters. The highest BCUT2D eigenvalue weighted by Crippen LogP contribution is 2.39. The number of nitrogens with one attached hydrogen (secondary N) is 2. The lowest BCUT2D eigenvalue weighted by molar-refractivity contribution is -0.245. The maximum absolute atomic E-state index is 12.1. The van der Waals surface area contributed by atoms with E-state index in [1.54, 1.807) is 42.2 Å². The quantitative estimate of drug-likeness (QED) is 0.245. The number of rotatable bonds is 10. The summed E-state index contributed by atoms with van der Waals surface area (Å²) in [7, 11) is 0. The normalized spacial score (nSPS) is 19.1. The summed E-state index contributed by atoms with van der Waals surface area (Å²) in [5.74, 6) is 0.194. The molecule has 3 atom stereocenters. The van der Waals surface area contributed by atoms with Crippen molar-refractivity contribution < 1.29 is 28.9 Å². The van der Waals surface area contributed by atoms with Crippen LogP contribution in [-0.2, 0) is 25.6 Å². The van der Waals surface area contributed by atoms with Crippen LogP contribution in [0.4, 0.5) is 10.5 Å². The highest BCUT2D eigenvalue weighted by atomic mass is 32.2. The molecule has 1 saturated heterocycles. The number of nitrogens with zero attached hydrogens (tertiary/aromatic N) is 2. The number of urea groups is 1. The maximum Gasteiger partial charge on any atom is 0.325 e. The number of benzene rings is 2. The average molecular weight is 559 g/mol. The molecule has 0 radical (unpaired) electrons. The molecule has 4 rings (SSSR count). The Balaban J connectivity index is 1.42. The zero-order valence-corrected chi connectivity index (χ0v) is 22.7. The summed E-state index contributed by atoms with van der Waals surface area (Å²) in [6.45, 7) is 3.66. The second-order valence-electron chi connectivity index (χ2n) is 8.48. The number of amides is 2. The van der Waals surface area contributed by atoms with Crippen LogP contribution in [0.15, 0.2) is 52.9 Å². The van der Waals surface area contributed by atoms with Crippen molar-refractivity contribution in [3.8, 4) is 0 Å². The van der Waals surface area contributed by atoms with E-state index in [9.17, 15) is 14.7 Å². The fraction of sp³-hybridized carbons (Fsp3) is 0.385. The minimum absolute atomic E-state index is 0.0146. The van der Waals surface area contributed by atoms with E-state index >= 15 is 0 Å². The predicted octanol–water partition coefficient (Wildman–Crippen LogP) is 4.36. The molecule has 0 aliphatic carbocycles. The van der Waals surface area contributed by atoms with Crippen LogP contribution in [0.1, 0.15) is 47.4 Å². The minimum atomic E-state index is -0.611. The van der Waals surface area contributed by atoms with Gasteiger partial charge in [0.05, 0.1) is 25.4 Å². The Morgan fingerprint density at radius 1 is 1.11 bits per heavy atom. The van der Waals surface area contributed by atoms with Crippen LogP contribution >= 0.6 is 23.1 Å². The first-order valence-corrected chi connectivity index (χ1v) is 14.0. The number of anilines is 1. The number of hydrogen-bond donors (Lipinski definition) is 3. The number of hydrogen-bond acceptors (Lipinski definition) is 10. The molecule has 1 aromatic heterocycles. The molecule has 1 fully saturated rings. The maximum atomic E-state index is 12.1. The Labute approximate surface area is 229 Å². The molecule has 10 nitrogen and oxygen atoms in total. The zero-order valence-electron chi connectivity index (χ0n) is 21.1. The zero-order chi connectivity index (χ0) is 26.9. The van der Waals surface area contributed by atoms with E-state index in [0.717, 1.165) is 26.0 Å². The molecule has 1 aliphatic rings. The standard InChI is InChI=1S/C26H30N4O6S2/c1-3-34-23(32)13-27-25(33)28-20-10-8-19(9-11-20)24-35-21(15-37-26-30-29-16(2)38-26)12-22(36-24)18-6-4-17(14-31)5-7-18/h4-11,21-22,24,31H,3,12-15H2,1-2H3,(H2,27,28,33)/t21-,22+,24+/m0/s1. The molecule has 3 N–H and O–H groups in total. The van der Waals surface area contributed by atoms with E-state index in [2.05, 4.69) is 20.8 Å². The van der Waals surface area contributed by atoms with Crippen molar-refractivity contribution in [3.63, 3.8) is 0 Å². The van der Waals surface area contributed by atoms with Crippen molar-refractivity contribution in [3.05, 3.63) is 70.2 Å². The van der Waals surface area contributed by atoms with Crippen LogP contribution < -0.4 is 10.6 Å². The van der Waals surface area contributed by atoms with E-state index in [4.69, 9.17) is 14.2 Å². The lowest BCUT2D eigenvalue weighted by atomic mass is 10.0. The Morgan fingerprint density at radius 3 is 2.50 bits per heavy atom. The van der Waals surface area contributed by atoms with E-state index in [0.29, 0.717) is 17.9 Å². The largest absolute Gasteiger partial charge is 0.465 e. The Morgan fingerprint density at radius 2 is 1.84 bits per heavy atom. The van der Waals surface area contributed by atoms with Gasteiger partial charge < -0.3 is 30.0 Å². The van der Waals surface area contributed by atoms with Gasteiger partial charge in [-0.15, -0.1) is 10.2 Å². The number of aryl methyl sites for hydroxylation is 1. The second-order valence-corrected chi connectivity index (χ2v) is 10.9. The predicted molar refractivity (Wildman–Crippen MR) is 144 cm³/mol. The van der Waals surface area contributed by atoms with Crippen molar-refractivity contribution in [2.75, 3.05) is 24.2 Å². The first-order valence-electron chi connectivity index (χ1n) is 12.2. The van der Waals surface area contributed by atoms with Crippen LogP contribution in [0, 0.1) is 6.92 Å². The van der Waals surface area contributed by atoms with Gasteiger partial charge in [0.1, 0.15) is 11.6 Å². The first-order chi connectivity index (χ1) is 18.4. The molecule has 0 spiro atoms. The number of aliphatic hydroxyl groups is 1. The molecule has 0 bridgehead atoms. The SMILES string of the molecule is CCOC(=O)CNC(=O)Nc1ccc([C@@H]2O[C@H](CSc3nnc(C)s3)C[C@H](c3ccc(CO)cc3)O2)cc1. The number of ether oxygens (including phenoxy) is 3. The first kappa shape index (κ1) is 28.0. The van der Waals surface area contributed by atoms with Crippen molar-refractivity contribution in [1.82, 2.24) is 15.5 Å². The Bertz CT molecular complexity index is 1210.